The lowest BCUT2D eigenvalue weighted by atomic mass is 9.93. The van der Waals surface area contributed by atoms with Gasteiger partial charge in [-0.05, 0) is 48.9 Å². The van der Waals surface area contributed by atoms with E-state index in [9.17, 15) is 5.11 Å². The normalized spacial score (nSPS) is 12.4. The molecule has 1 unspecified atom stereocenters. The molecule has 2 aromatic carbocycles. The van der Waals surface area contributed by atoms with E-state index in [1.165, 1.54) is 11.1 Å². The van der Waals surface area contributed by atoms with Gasteiger partial charge in [-0.15, -0.1) is 0 Å². The first-order valence-corrected chi connectivity index (χ1v) is 7.44. The standard InChI is InChI=1S/C17H18Cl2O/c1-12-3-2-4-13(7-12)8-15(11-20)9-14-5-6-16(18)17(19)10-14/h2-7,10,15,20H,8-9,11H2,1H3. The van der Waals surface area contributed by atoms with E-state index in [-0.39, 0.29) is 12.5 Å². The lowest BCUT2D eigenvalue weighted by Crippen LogP contribution is -2.13. The Labute approximate surface area is 130 Å². The Balaban J connectivity index is 2.07. The van der Waals surface area contributed by atoms with Gasteiger partial charge in [0.15, 0.2) is 0 Å². The van der Waals surface area contributed by atoms with Crippen LogP contribution in [0.1, 0.15) is 16.7 Å². The zero-order valence-electron chi connectivity index (χ0n) is 11.4. The Morgan fingerprint density at radius 3 is 2.25 bits per heavy atom. The van der Waals surface area contributed by atoms with Crippen LogP contribution in [0.3, 0.4) is 0 Å². The van der Waals surface area contributed by atoms with Crippen LogP contribution in [-0.4, -0.2) is 11.7 Å². The van der Waals surface area contributed by atoms with Gasteiger partial charge >= 0.3 is 0 Å². The van der Waals surface area contributed by atoms with Crippen LogP contribution in [-0.2, 0) is 12.8 Å². The second kappa shape index (κ2) is 7.12. The molecular formula is C17H18Cl2O. The molecule has 1 N–H and O–H groups in total. The first kappa shape index (κ1) is 15.4. The van der Waals surface area contributed by atoms with Crippen molar-refractivity contribution in [2.24, 2.45) is 5.92 Å². The molecule has 2 aromatic rings. The summed E-state index contributed by atoms with van der Waals surface area (Å²) in [5, 5.41) is 10.7. The van der Waals surface area contributed by atoms with Gasteiger partial charge in [0, 0.05) is 6.61 Å². The molecule has 0 amide bonds. The third kappa shape index (κ3) is 4.24. The van der Waals surface area contributed by atoms with E-state index in [2.05, 4.69) is 31.2 Å². The van der Waals surface area contributed by atoms with Gasteiger partial charge in [0.25, 0.3) is 0 Å². The molecule has 0 bridgehead atoms. The van der Waals surface area contributed by atoms with Gasteiger partial charge in [-0.25, -0.2) is 0 Å². The fourth-order valence-corrected chi connectivity index (χ4v) is 2.69. The molecule has 20 heavy (non-hydrogen) atoms. The van der Waals surface area contributed by atoms with Gasteiger partial charge in [0.1, 0.15) is 0 Å². The third-order valence-corrected chi connectivity index (χ3v) is 4.11. The molecule has 0 aliphatic heterocycles. The molecule has 1 nitrogen and oxygen atoms in total. The summed E-state index contributed by atoms with van der Waals surface area (Å²) in [6.45, 7) is 2.24. The number of benzene rings is 2. The van der Waals surface area contributed by atoms with E-state index < -0.39 is 0 Å². The van der Waals surface area contributed by atoms with Crippen molar-refractivity contribution in [3.8, 4) is 0 Å². The maximum atomic E-state index is 9.58. The van der Waals surface area contributed by atoms with Crippen LogP contribution < -0.4 is 0 Å². The topological polar surface area (TPSA) is 20.2 Å². The molecule has 3 heteroatoms. The van der Waals surface area contributed by atoms with Crippen molar-refractivity contribution in [1.82, 2.24) is 0 Å². The highest BCUT2D eigenvalue weighted by Crippen LogP contribution is 2.24. The second-order valence-corrected chi connectivity index (χ2v) is 6.01. The Kier molecular flexibility index (Phi) is 5.47. The molecule has 0 radical (unpaired) electrons. The zero-order chi connectivity index (χ0) is 14.5. The van der Waals surface area contributed by atoms with Gasteiger partial charge in [-0.2, -0.15) is 0 Å². The molecule has 0 saturated heterocycles. The molecule has 0 aliphatic carbocycles. The molecule has 2 rings (SSSR count). The van der Waals surface area contributed by atoms with E-state index in [1.807, 2.05) is 12.1 Å². The Morgan fingerprint density at radius 2 is 1.65 bits per heavy atom. The first-order valence-electron chi connectivity index (χ1n) is 6.69. The van der Waals surface area contributed by atoms with Crippen molar-refractivity contribution < 1.29 is 5.11 Å². The Morgan fingerprint density at radius 1 is 0.950 bits per heavy atom. The molecule has 0 spiro atoms. The maximum absolute atomic E-state index is 9.58. The van der Waals surface area contributed by atoms with E-state index in [1.54, 1.807) is 6.07 Å². The molecule has 0 fully saturated rings. The van der Waals surface area contributed by atoms with Gasteiger partial charge in [-0.1, -0.05) is 59.1 Å². The molecular weight excluding hydrogens is 291 g/mol. The van der Waals surface area contributed by atoms with Crippen LogP contribution in [0.4, 0.5) is 0 Å². The highest BCUT2D eigenvalue weighted by Gasteiger charge is 2.11. The van der Waals surface area contributed by atoms with Crippen LogP contribution >= 0.6 is 23.2 Å². The van der Waals surface area contributed by atoms with E-state index in [0.717, 1.165) is 18.4 Å². The number of aliphatic hydroxyl groups excluding tert-OH is 1. The zero-order valence-corrected chi connectivity index (χ0v) is 13.0. The summed E-state index contributed by atoms with van der Waals surface area (Å²) in [6.07, 6.45) is 1.65. The molecule has 0 heterocycles. The van der Waals surface area contributed by atoms with Gasteiger partial charge in [-0.3, -0.25) is 0 Å². The second-order valence-electron chi connectivity index (χ2n) is 5.19. The number of aliphatic hydroxyl groups is 1. The van der Waals surface area contributed by atoms with E-state index in [0.29, 0.717) is 10.0 Å². The molecule has 0 aromatic heterocycles. The number of hydrogen-bond donors (Lipinski definition) is 1. The van der Waals surface area contributed by atoms with Crippen LogP contribution in [0, 0.1) is 12.8 Å². The van der Waals surface area contributed by atoms with Gasteiger partial charge in [0.05, 0.1) is 10.0 Å². The van der Waals surface area contributed by atoms with E-state index in [4.69, 9.17) is 23.2 Å². The summed E-state index contributed by atoms with van der Waals surface area (Å²) in [7, 11) is 0. The van der Waals surface area contributed by atoms with Crippen LogP contribution in [0.2, 0.25) is 10.0 Å². The third-order valence-electron chi connectivity index (χ3n) is 3.37. The van der Waals surface area contributed by atoms with E-state index >= 15 is 0 Å². The summed E-state index contributed by atoms with van der Waals surface area (Å²) in [4.78, 5) is 0. The number of aryl methyl sites for hydroxylation is 1. The van der Waals surface area contributed by atoms with Crippen LogP contribution in [0.5, 0.6) is 0 Å². The largest absolute Gasteiger partial charge is 0.396 e. The Bertz CT molecular complexity index is 581. The lowest BCUT2D eigenvalue weighted by molar-refractivity contribution is 0.225. The lowest BCUT2D eigenvalue weighted by Gasteiger charge is -2.15. The van der Waals surface area contributed by atoms with Crippen molar-refractivity contribution in [2.45, 2.75) is 19.8 Å². The van der Waals surface area contributed by atoms with Gasteiger partial charge in [0.2, 0.25) is 0 Å². The SMILES string of the molecule is Cc1cccc(CC(CO)Cc2ccc(Cl)c(Cl)c2)c1. The number of halogens is 2. The van der Waals surface area contributed by atoms with Crippen LogP contribution in [0.15, 0.2) is 42.5 Å². The van der Waals surface area contributed by atoms with Crippen molar-refractivity contribution in [3.63, 3.8) is 0 Å². The van der Waals surface area contributed by atoms with Gasteiger partial charge < -0.3 is 5.11 Å². The van der Waals surface area contributed by atoms with Crippen LogP contribution in [0.25, 0.3) is 0 Å². The average Bonchev–Trinajstić information content (AvgIpc) is 2.42. The summed E-state index contributed by atoms with van der Waals surface area (Å²) in [5.74, 6) is 0.189. The summed E-state index contributed by atoms with van der Waals surface area (Å²) < 4.78 is 0. The number of hydrogen-bond acceptors (Lipinski definition) is 1. The highest BCUT2D eigenvalue weighted by molar-refractivity contribution is 6.42. The predicted octanol–water partition coefficient (Wildman–Crippen LogP) is 4.70. The minimum Gasteiger partial charge on any atom is -0.396 e. The minimum absolute atomic E-state index is 0.161. The summed E-state index contributed by atoms with van der Waals surface area (Å²) in [5.41, 5.74) is 3.60. The minimum atomic E-state index is 0.161. The summed E-state index contributed by atoms with van der Waals surface area (Å²) >= 11 is 11.9. The highest BCUT2D eigenvalue weighted by atomic mass is 35.5. The van der Waals surface area contributed by atoms with Crippen molar-refractivity contribution in [1.29, 1.82) is 0 Å². The van der Waals surface area contributed by atoms with Crippen molar-refractivity contribution in [3.05, 3.63) is 69.2 Å². The quantitative estimate of drug-likeness (QED) is 0.849. The molecule has 106 valence electrons. The predicted molar refractivity (Wildman–Crippen MR) is 85.6 cm³/mol. The Hall–Kier alpha value is -1.02. The monoisotopic (exact) mass is 308 g/mol. The fourth-order valence-electron chi connectivity index (χ4n) is 2.37. The van der Waals surface area contributed by atoms with Crippen molar-refractivity contribution in [2.75, 3.05) is 6.61 Å². The fraction of sp³-hybridized carbons (Fsp3) is 0.294. The molecule has 0 saturated carbocycles. The number of rotatable bonds is 5. The smallest absolute Gasteiger partial charge is 0.0595 e. The first-order chi connectivity index (χ1) is 9.58. The maximum Gasteiger partial charge on any atom is 0.0595 e. The average molecular weight is 309 g/mol. The summed E-state index contributed by atoms with van der Waals surface area (Å²) in [6, 6.07) is 14.0. The van der Waals surface area contributed by atoms with Crippen molar-refractivity contribution >= 4 is 23.2 Å². The molecule has 0 aliphatic rings. The molecule has 1 atom stereocenters.